The van der Waals surface area contributed by atoms with E-state index >= 15 is 0 Å². The van der Waals surface area contributed by atoms with Crippen molar-refractivity contribution in [2.45, 2.75) is 0 Å². The van der Waals surface area contributed by atoms with E-state index in [4.69, 9.17) is 0 Å². The minimum atomic E-state index is -0.168. The van der Waals surface area contributed by atoms with E-state index in [-0.39, 0.29) is 5.91 Å². The summed E-state index contributed by atoms with van der Waals surface area (Å²) < 4.78 is 0. The van der Waals surface area contributed by atoms with Gasteiger partial charge in [0.15, 0.2) is 0 Å². The van der Waals surface area contributed by atoms with Crippen LogP contribution in [0, 0.1) is 0 Å². The molecule has 7 heteroatoms. The van der Waals surface area contributed by atoms with Gasteiger partial charge in [0.1, 0.15) is 0 Å². The molecule has 0 aliphatic carbocycles. The molecule has 1 amide bonds. The van der Waals surface area contributed by atoms with Crippen LogP contribution in [0.3, 0.4) is 0 Å². The number of nitrogens with one attached hydrogen (secondary N) is 2. The van der Waals surface area contributed by atoms with E-state index in [9.17, 15) is 4.79 Å². The molecule has 7 nitrogen and oxygen atoms in total. The Morgan fingerprint density at radius 3 is 2.70 bits per heavy atom. The molecule has 0 aliphatic heterocycles. The Bertz CT molecular complexity index is 813. The van der Waals surface area contributed by atoms with Crippen LogP contribution in [0.15, 0.2) is 48.5 Å². The highest BCUT2D eigenvalue weighted by atomic mass is 16.1. The second kappa shape index (κ2) is 6.27. The van der Waals surface area contributed by atoms with Crippen molar-refractivity contribution < 1.29 is 4.79 Å². The molecule has 1 heterocycles. The lowest BCUT2D eigenvalue weighted by molar-refractivity contribution is 0.102. The van der Waals surface area contributed by atoms with E-state index in [2.05, 4.69) is 25.9 Å². The Morgan fingerprint density at radius 2 is 1.96 bits per heavy atom. The van der Waals surface area contributed by atoms with Crippen LogP contribution < -0.4 is 10.2 Å². The maximum Gasteiger partial charge on any atom is 0.255 e. The Labute approximate surface area is 133 Å². The first-order valence-corrected chi connectivity index (χ1v) is 7.06. The molecule has 3 aromatic rings. The minimum absolute atomic E-state index is 0.168. The summed E-state index contributed by atoms with van der Waals surface area (Å²) in [5.41, 5.74) is 3.02. The number of carbonyl (C=O) groups is 1. The van der Waals surface area contributed by atoms with E-state index in [0.717, 1.165) is 11.3 Å². The summed E-state index contributed by atoms with van der Waals surface area (Å²) in [5, 5.41) is 16.7. The summed E-state index contributed by atoms with van der Waals surface area (Å²) in [4.78, 5) is 14.4. The molecular formula is C16H16N6O. The number of aromatic nitrogens is 4. The second-order valence-corrected chi connectivity index (χ2v) is 5.22. The molecule has 0 bridgehead atoms. The summed E-state index contributed by atoms with van der Waals surface area (Å²) in [6, 6.07) is 14.7. The van der Waals surface area contributed by atoms with Gasteiger partial charge >= 0.3 is 0 Å². The average Bonchev–Trinajstić information content (AvgIpc) is 3.10. The average molecular weight is 308 g/mol. The second-order valence-electron chi connectivity index (χ2n) is 5.22. The van der Waals surface area contributed by atoms with Gasteiger partial charge in [0.2, 0.25) is 5.82 Å². The zero-order chi connectivity index (χ0) is 16.2. The maximum absolute atomic E-state index is 12.4. The fourth-order valence-corrected chi connectivity index (χ4v) is 2.15. The third-order valence-corrected chi connectivity index (χ3v) is 3.35. The van der Waals surface area contributed by atoms with Gasteiger partial charge < -0.3 is 10.2 Å². The zero-order valence-electron chi connectivity index (χ0n) is 12.8. The Balaban J connectivity index is 1.80. The molecule has 2 N–H and O–H groups in total. The van der Waals surface area contributed by atoms with Crippen LogP contribution >= 0.6 is 0 Å². The number of nitrogens with zero attached hydrogens (tertiary/aromatic N) is 4. The number of rotatable bonds is 4. The molecule has 1 aromatic heterocycles. The molecule has 0 atom stereocenters. The third kappa shape index (κ3) is 3.34. The Hall–Kier alpha value is -3.22. The number of benzene rings is 2. The number of anilines is 2. The van der Waals surface area contributed by atoms with Crippen LogP contribution in [0.5, 0.6) is 0 Å². The van der Waals surface area contributed by atoms with Gasteiger partial charge in [-0.05, 0) is 35.5 Å². The summed E-state index contributed by atoms with van der Waals surface area (Å²) in [7, 11) is 3.87. The molecule has 0 saturated heterocycles. The lowest BCUT2D eigenvalue weighted by Gasteiger charge is -2.13. The normalized spacial score (nSPS) is 10.3. The van der Waals surface area contributed by atoms with E-state index < -0.39 is 0 Å². The summed E-state index contributed by atoms with van der Waals surface area (Å²) in [5.74, 6) is 0.315. The first-order chi connectivity index (χ1) is 11.1. The fourth-order valence-electron chi connectivity index (χ4n) is 2.15. The molecule has 0 spiro atoms. The van der Waals surface area contributed by atoms with E-state index in [0.29, 0.717) is 17.1 Å². The van der Waals surface area contributed by atoms with Gasteiger partial charge in [-0.1, -0.05) is 18.2 Å². The van der Waals surface area contributed by atoms with Gasteiger partial charge in [-0.3, -0.25) is 4.79 Å². The monoisotopic (exact) mass is 308 g/mol. The highest BCUT2D eigenvalue weighted by Crippen LogP contribution is 2.20. The minimum Gasteiger partial charge on any atom is -0.378 e. The standard InChI is InChI=1S/C16H16N6O/c1-22(2)14-8-4-6-12(10-14)16(23)17-13-7-3-5-11(9-13)15-18-20-21-19-15/h3-10H,1-2H3,(H,17,23)(H,18,19,20,21). The van der Waals surface area contributed by atoms with Crippen molar-refractivity contribution in [3.63, 3.8) is 0 Å². The van der Waals surface area contributed by atoms with Crippen LogP contribution in [0.25, 0.3) is 11.4 Å². The zero-order valence-corrected chi connectivity index (χ0v) is 12.8. The van der Waals surface area contributed by atoms with Crippen molar-refractivity contribution in [2.75, 3.05) is 24.3 Å². The molecule has 0 saturated carbocycles. The van der Waals surface area contributed by atoms with Crippen LogP contribution in [0.1, 0.15) is 10.4 Å². The van der Waals surface area contributed by atoms with Crippen molar-refractivity contribution in [1.82, 2.24) is 20.6 Å². The summed E-state index contributed by atoms with van der Waals surface area (Å²) >= 11 is 0. The largest absolute Gasteiger partial charge is 0.378 e. The summed E-state index contributed by atoms with van der Waals surface area (Å²) in [6.45, 7) is 0. The number of carbonyl (C=O) groups excluding carboxylic acids is 1. The molecule has 2 aromatic carbocycles. The SMILES string of the molecule is CN(C)c1cccc(C(=O)Nc2cccc(-c3nn[nH]n3)c2)c1. The predicted octanol–water partition coefficient (Wildman–Crippen LogP) is 2.18. The molecule has 0 aliphatic rings. The third-order valence-electron chi connectivity index (χ3n) is 3.35. The van der Waals surface area contributed by atoms with Crippen molar-refractivity contribution in [2.24, 2.45) is 0 Å². The summed E-state index contributed by atoms with van der Waals surface area (Å²) in [6.07, 6.45) is 0. The molecular weight excluding hydrogens is 292 g/mol. The molecule has 3 rings (SSSR count). The topological polar surface area (TPSA) is 86.8 Å². The van der Waals surface area contributed by atoms with Gasteiger partial charge in [-0.15, -0.1) is 10.2 Å². The van der Waals surface area contributed by atoms with Crippen molar-refractivity contribution >= 4 is 17.3 Å². The van der Waals surface area contributed by atoms with Gasteiger partial charge in [0, 0.05) is 36.6 Å². The lowest BCUT2D eigenvalue weighted by atomic mass is 10.1. The molecule has 0 unspecified atom stereocenters. The van der Waals surface area contributed by atoms with Gasteiger partial charge in [0.05, 0.1) is 0 Å². The number of H-pyrrole nitrogens is 1. The van der Waals surface area contributed by atoms with E-state index in [1.807, 2.05) is 55.4 Å². The van der Waals surface area contributed by atoms with Crippen molar-refractivity contribution in [3.05, 3.63) is 54.1 Å². The van der Waals surface area contributed by atoms with Crippen molar-refractivity contribution in [1.29, 1.82) is 0 Å². The predicted molar refractivity (Wildman–Crippen MR) is 88.3 cm³/mol. The first kappa shape index (κ1) is 14.7. The smallest absolute Gasteiger partial charge is 0.255 e. The van der Waals surface area contributed by atoms with Crippen LogP contribution in [-0.2, 0) is 0 Å². The molecule has 0 radical (unpaired) electrons. The van der Waals surface area contributed by atoms with E-state index in [1.54, 1.807) is 12.1 Å². The Kier molecular flexibility index (Phi) is 4.01. The van der Waals surface area contributed by atoms with Crippen molar-refractivity contribution in [3.8, 4) is 11.4 Å². The van der Waals surface area contributed by atoms with Gasteiger partial charge in [0.25, 0.3) is 5.91 Å². The molecule has 0 fully saturated rings. The number of hydrogen-bond acceptors (Lipinski definition) is 5. The van der Waals surface area contributed by atoms with Crippen LogP contribution in [-0.4, -0.2) is 40.6 Å². The fraction of sp³-hybridized carbons (Fsp3) is 0.125. The Morgan fingerprint density at radius 1 is 1.13 bits per heavy atom. The number of hydrogen-bond donors (Lipinski definition) is 2. The first-order valence-electron chi connectivity index (χ1n) is 7.06. The maximum atomic E-state index is 12.4. The van der Waals surface area contributed by atoms with E-state index in [1.165, 1.54) is 0 Å². The lowest BCUT2D eigenvalue weighted by Crippen LogP contribution is -2.14. The van der Waals surface area contributed by atoms with Crippen LogP contribution in [0.2, 0.25) is 0 Å². The molecule has 23 heavy (non-hydrogen) atoms. The quantitative estimate of drug-likeness (QED) is 0.771. The number of amides is 1. The molecule has 116 valence electrons. The highest BCUT2D eigenvalue weighted by Gasteiger charge is 2.09. The number of tetrazole rings is 1. The van der Waals surface area contributed by atoms with Gasteiger partial charge in [-0.25, -0.2) is 0 Å². The van der Waals surface area contributed by atoms with Gasteiger partial charge in [-0.2, -0.15) is 5.21 Å². The highest BCUT2D eigenvalue weighted by molar-refractivity contribution is 6.05. The van der Waals surface area contributed by atoms with Crippen LogP contribution in [0.4, 0.5) is 11.4 Å². The number of aromatic amines is 1.